The summed E-state index contributed by atoms with van der Waals surface area (Å²) in [5.74, 6) is -1.08. The Hall–Kier alpha value is -2.15. The molecule has 0 fully saturated rings. The Labute approximate surface area is 111 Å². The zero-order valence-electron chi connectivity index (χ0n) is 9.99. The van der Waals surface area contributed by atoms with E-state index in [9.17, 15) is 17.6 Å². The van der Waals surface area contributed by atoms with E-state index in [0.717, 1.165) is 18.2 Å². The number of alkyl halides is 3. The molecule has 0 aliphatic carbocycles. The number of pyridine rings is 1. The van der Waals surface area contributed by atoms with Gasteiger partial charge in [0.25, 0.3) is 0 Å². The van der Waals surface area contributed by atoms with E-state index in [0.29, 0.717) is 11.8 Å². The van der Waals surface area contributed by atoms with Gasteiger partial charge in [0.1, 0.15) is 0 Å². The number of hydrogen-bond acceptors (Lipinski definition) is 3. The Balaban J connectivity index is 2.18. The second kappa shape index (κ2) is 5.46. The molecule has 0 bridgehead atoms. The van der Waals surface area contributed by atoms with Crippen molar-refractivity contribution in [3.05, 3.63) is 53.5 Å². The molecule has 7 heteroatoms. The van der Waals surface area contributed by atoms with E-state index < -0.39 is 17.6 Å². The Morgan fingerprint density at radius 3 is 2.40 bits per heavy atom. The molecule has 2 aromatic rings. The number of benzene rings is 1. The van der Waals surface area contributed by atoms with E-state index in [4.69, 9.17) is 9.84 Å². The third-order valence-electron chi connectivity index (χ3n) is 2.46. The number of halogens is 4. The van der Waals surface area contributed by atoms with Crippen LogP contribution in [-0.2, 0) is 12.8 Å². The number of aliphatic hydroxyl groups is 1. The number of aliphatic hydroxyl groups excluding tert-OH is 1. The third kappa shape index (κ3) is 3.24. The predicted molar refractivity (Wildman–Crippen MR) is 61.6 cm³/mol. The van der Waals surface area contributed by atoms with Gasteiger partial charge in [-0.05, 0) is 23.8 Å². The second-order valence-corrected chi connectivity index (χ2v) is 3.91. The summed E-state index contributed by atoms with van der Waals surface area (Å²) in [4.78, 5) is 3.47. The molecule has 0 saturated heterocycles. The fourth-order valence-corrected chi connectivity index (χ4v) is 1.45. The van der Waals surface area contributed by atoms with Gasteiger partial charge in [-0.2, -0.15) is 13.2 Å². The average molecular weight is 287 g/mol. The predicted octanol–water partition coefficient (Wildman–Crippen LogP) is 3.52. The highest BCUT2D eigenvalue weighted by atomic mass is 19.4. The Morgan fingerprint density at radius 2 is 1.90 bits per heavy atom. The molecule has 1 N–H and O–H groups in total. The van der Waals surface area contributed by atoms with Crippen LogP contribution in [0.5, 0.6) is 11.6 Å². The number of ether oxygens (including phenoxy) is 1. The first kappa shape index (κ1) is 14.3. The van der Waals surface area contributed by atoms with Gasteiger partial charge in [-0.15, -0.1) is 0 Å². The smallest absolute Gasteiger partial charge is 0.417 e. The van der Waals surface area contributed by atoms with Crippen molar-refractivity contribution in [2.24, 2.45) is 0 Å². The number of nitrogens with zero attached hydrogens (tertiary/aromatic N) is 1. The van der Waals surface area contributed by atoms with Crippen LogP contribution in [-0.4, -0.2) is 10.1 Å². The molecule has 0 unspecified atom stereocenters. The van der Waals surface area contributed by atoms with Gasteiger partial charge in [-0.1, -0.05) is 6.07 Å². The zero-order valence-corrected chi connectivity index (χ0v) is 9.99. The molecular weight excluding hydrogens is 278 g/mol. The Morgan fingerprint density at radius 1 is 1.15 bits per heavy atom. The van der Waals surface area contributed by atoms with Crippen molar-refractivity contribution in [2.75, 3.05) is 0 Å². The van der Waals surface area contributed by atoms with Gasteiger partial charge in [0.05, 0.1) is 12.2 Å². The monoisotopic (exact) mass is 287 g/mol. The summed E-state index contributed by atoms with van der Waals surface area (Å²) < 4.78 is 55.6. The van der Waals surface area contributed by atoms with Gasteiger partial charge in [0.15, 0.2) is 11.6 Å². The summed E-state index contributed by atoms with van der Waals surface area (Å²) in [6.07, 6.45) is -3.88. The van der Waals surface area contributed by atoms with Crippen LogP contribution in [0.25, 0.3) is 0 Å². The Kier molecular flexibility index (Phi) is 3.89. The first-order chi connectivity index (χ1) is 9.40. The van der Waals surface area contributed by atoms with Gasteiger partial charge in [0.2, 0.25) is 5.88 Å². The first-order valence-electron chi connectivity index (χ1n) is 5.50. The number of aromatic nitrogens is 1. The van der Waals surface area contributed by atoms with E-state index in [2.05, 4.69) is 4.98 Å². The standard InChI is InChI=1S/C13H9F4NO2/c14-10-5-8(7-19)1-3-11(10)20-12-4-2-9(6-18-12)13(15,16)17/h1-6,19H,7H2. The summed E-state index contributed by atoms with van der Waals surface area (Å²) in [6, 6.07) is 5.56. The lowest BCUT2D eigenvalue weighted by molar-refractivity contribution is -0.137. The van der Waals surface area contributed by atoms with E-state index in [1.54, 1.807) is 0 Å². The molecule has 1 aromatic heterocycles. The lowest BCUT2D eigenvalue weighted by Gasteiger charge is -2.09. The normalized spacial score (nSPS) is 11.4. The molecule has 0 radical (unpaired) electrons. The van der Waals surface area contributed by atoms with Crippen molar-refractivity contribution in [3.63, 3.8) is 0 Å². The van der Waals surface area contributed by atoms with E-state index in [1.807, 2.05) is 0 Å². The van der Waals surface area contributed by atoms with Gasteiger partial charge in [-0.3, -0.25) is 0 Å². The van der Waals surface area contributed by atoms with Gasteiger partial charge in [0, 0.05) is 12.3 Å². The van der Waals surface area contributed by atoms with Gasteiger partial charge < -0.3 is 9.84 Å². The van der Waals surface area contributed by atoms with E-state index >= 15 is 0 Å². The number of rotatable bonds is 3. The van der Waals surface area contributed by atoms with Crippen LogP contribution in [0.2, 0.25) is 0 Å². The molecule has 0 saturated carbocycles. The molecule has 0 atom stereocenters. The fourth-order valence-electron chi connectivity index (χ4n) is 1.45. The minimum atomic E-state index is -4.49. The molecular formula is C13H9F4NO2. The minimum Gasteiger partial charge on any atom is -0.436 e. The first-order valence-corrected chi connectivity index (χ1v) is 5.50. The fraction of sp³-hybridized carbons (Fsp3) is 0.154. The highest BCUT2D eigenvalue weighted by Gasteiger charge is 2.30. The SMILES string of the molecule is OCc1ccc(Oc2ccc(C(F)(F)F)cn2)c(F)c1. The van der Waals surface area contributed by atoms with Crippen LogP contribution >= 0.6 is 0 Å². The quantitative estimate of drug-likeness (QED) is 0.878. The van der Waals surface area contributed by atoms with Crippen molar-refractivity contribution in [1.29, 1.82) is 0 Å². The number of hydrogen-bond donors (Lipinski definition) is 1. The van der Waals surface area contributed by atoms with E-state index in [1.165, 1.54) is 12.1 Å². The minimum absolute atomic E-state index is 0.159. The van der Waals surface area contributed by atoms with Crippen molar-refractivity contribution in [3.8, 4) is 11.6 Å². The molecule has 0 amide bonds. The maximum absolute atomic E-state index is 13.5. The third-order valence-corrected chi connectivity index (χ3v) is 2.46. The molecule has 2 rings (SSSR count). The zero-order chi connectivity index (χ0) is 14.8. The lowest BCUT2D eigenvalue weighted by atomic mass is 10.2. The maximum atomic E-state index is 13.5. The summed E-state index contributed by atoms with van der Waals surface area (Å²) in [6.45, 7) is -0.324. The lowest BCUT2D eigenvalue weighted by Crippen LogP contribution is -2.05. The molecule has 1 aromatic carbocycles. The van der Waals surface area contributed by atoms with Gasteiger partial charge >= 0.3 is 6.18 Å². The van der Waals surface area contributed by atoms with Crippen LogP contribution in [0.1, 0.15) is 11.1 Å². The van der Waals surface area contributed by atoms with Crippen LogP contribution < -0.4 is 4.74 Å². The Bertz CT molecular complexity index is 596. The highest BCUT2D eigenvalue weighted by molar-refractivity contribution is 5.32. The van der Waals surface area contributed by atoms with Crippen molar-refractivity contribution in [2.45, 2.75) is 12.8 Å². The van der Waals surface area contributed by atoms with Crippen LogP contribution in [0.4, 0.5) is 17.6 Å². The topological polar surface area (TPSA) is 42.4 Å². The molecule has 106 valence electrons. The second-order valence-electron chi connectivity index (χ2n) is 3.91. The van der Waals surface area contributed by atoms with Crippen LogP contribution in [0.15, 0.2) is 36.5 Å². The van der Waals surface area contributed by atoms with Crippen molar-refractivity contribution in [1.82, 2.24) is 4.98 Å². The molecule has 0 aliphatic heterocycles. The maximum Gasteiger partial charge on any atom is 0.417 e. The molecule has 0 spiro atoms. The summed E-state index contributed by atoms with van der Waals surface area (Å²) in [7, 11) is 0. The van der Waals surface area contributed by atoms with E-state index in [-0.39, 0.29) is 18.2 Å². The summed E-state index contributed by atoms with van der Waals surface area (Å²) >= 11 is 0. The molecule has 3 nitrogen and oxygen atoms in total. The molecule has 1 heterocycles. The van der Waals surface area contributed by atoms with Crippen molar-refractivity contribution < 1.29 is 27.4 Å². The van der Waals surface area contributed by atoms with Crippen LogP contribution in [0, 0.1) is 5.82 Å². The average Bonchev–Trinajstić information content (AvgIpc) is 2.40. The highest BCUT2D eigenvalue weighted by Crippen LogP contribution is 2.30. The summed E-state index contributed by atoms with van der Waals surface area (Å²) in [5, 5.41) is 8.82. The summed E-state index contributed by atoms with van der Waals surface area (Å²) in [5.41, 5.74) is -0.559. The molecule has 20 heavy (non-hydrogen) atoms. The molecule has 0 aliphatic rings. The van der Waals surface area contributed by atoms with Gasteiger partial charge in [-0.25, -0.2) is 9.37 Å². The van der Waals surface area contributed by atoms with Crippen LogP contribution in [0.3, 0.4) is 0 Å². The largest absolute Gasteiger partial charge is 0.436 e. The van der Waals surface area contributed by atoms with Crippen molar-refractivity contribution >= 4 is 0 Å².